The topological polar surface area (TPSA) is 67.9 Å². The van der Waals surface area contributed by atoms with Crippen molar-refractivity contribution in [1.29, 1.82) is 0 Å². The first-order valence-electron chi connectivity index (χ1n) is 10.5. The number of benzene rings is 2. The first-order valence-corrected chi connectivity index (χ1v) is 10.9. The number of hydrogen-bond donors (Lipinski definition) is 1. The van der Waals surface area contributed by atoms with Crippen LogP contribution >= 0.6 is 11.6 Å². The zero-order valence-electron chi connectivity index (χ0n) is 18.3. The van der Waals surface area contributed by atoms with Gasteiger partial charge in [-0.15, -0.1) is 0 Å². The van der Waals surface area contributed by atoms with Gasteiger partial charge in [0.25, 0.3) is 5.91 Å². The Morgan fingerprint density at radius 1 is 1.03 bits per heavy atom. The van der Waals surface area contributed by atoms with E-state index in [1.54, 1.807) is 31.2 Å². The van der Waals surface area contributed by atoms with Gasteiger partial charge >= 0.3 is 0 Å². The molecule has 168 valence electrons. The van der Waals surface area contributed by atoms with Gasteiger partial charge in [0, 0.05) is 24.7 Å². The summed E-state index contributed by atoms with van der Waals surface area (Å²) in [5.74, 6) is 0.112. The zero-order chi connectivity index (χ0) is 22.6. The van der Waals surface area contributed by atoms with Crippen LogP contribution in [0.5, 0.6) is 5.75 Å². The van der Waals surface area contributed by atoms with Gasteiger partial charge < -0.3 is 19.7 Å². The van der Waals surface area contributed by atoms with Gasteiger partial charge in [0.2, 0.25) is 5.91 Å². The van der Waals surface area contributed by atoms with Gasteiger partial charge in [-0.05, 0) is 57.0 Å². The number of hydrogen-bond acceptors (Lipinski definition) is 4. The van der Waals surface area contributed by atoms with Gasteiger partial charge in [-0.2, -0.15) is 0 Å². The molecule has 2 rings (SSSR count). The quantitative estimate of drug-likeness (QED) is 0.499. The second-order valence-electron chi connectivity index (χ2n) is 7.49. The van der Waals surface area contributed by atoms with Crippen molar-refractivity contribution in [3.8, 4) is 5.75 Å². The molecule has 0 spiro atoms. The van der Waals surface area contributed by atoms with Crippen LogP contribution in [-0.2, 0) is 20.9 Å². The van der Waals surface area contributed by atoms with Crippen LogP contribution < -0.4 is 10.1 Å². The van der Waals surface area contributed by atoms with Crippen molar-refractivity contribution in [2.75, 3.05) is 19.8 Å². The summed E-state index contributed by atoms with van der Waals surface area (Å²) in [6.07, 6.45) is 0.866. The lowest BCUT2D eigenvalue weighted by Gasteiger charge is -2.28. The largest absolute Gasteiger partial charge is 0.484 e. The van der Waals surface area contributed by atoms with E-state index in [0.29, 0.717) is 30.3 Å². The van der Waals surface area contributed by atoms with Crippen LogP contribution in [0.3, 0.4) is 0 Å². The highest BCUT2D eigenvalue weighted by Gasteiger charge is 2.26. The minimum atomic E-state index is -0.659. The van der Waals surface area contributed by atoms with E-state index in [9.17, 15) is 9.59 Å². The van der Waals surface area contributed by atoms with Crippen molar-refractivity contribution in [3.05, 3.63) is 65.2 Å². The second kappa shape index (κ2) is 13.0. The van der Waals surface area contributed by atoms with E-state index in [0.717, 1.165) is 5.56 Å². The average Bonchev–Trinajstić information content (AvgIpc) is 2.76. The van der Waals surface area contributed by atoms with Gasteiger partial charge in [0.15, 0.2) is 6.61 Å². The first kappa shape index (κ1) is 24.7. The molecule has 1 atom stereocenters. The summed E-state index contributed by atoms with van der Waals surface area (Å²) in [5.41, 5.74) is 0.877. The van der Waals surface area contributed by atoms with Gasteiger partial charge in [-0.25, -0.2) is 0 Å². The molecule has 0 aromatic heterocycles. The molecule has 0 heterocycles. The van der Waals surface area contributed by atoms with Crippen molar-refractivity contribution in [2.24, 2.45) is 0 Å². The molecule has 2 amide bonds. The molecular formula is C24H31ClN2O4. The third-order valence-electron chi connectivity index (χ3n) is 4.61. The van der Waals surface area contributed by atoms with Gasteiger partial charge in [0.05, 0.1) is 6.10 Å². The van der Waals surface area contributed by atoms with E-state index in [1.165, 1.54) is 4.90 Å². The van der Waals surface area contributed by atoms with Crippen molar-refractivity contribution in [1.82, 2.24) is 10.2 Å². The number of ether oxygens (including phenoxy) is 2. The Balaban J connectivity index is 2.00. The van der Waals surface area contributed by atoms with E-state index in [2.05, 4.69) is 5.32 Å². The molecule has 2 aromatic carbocycles. The number of carbonyl (C=O) groups is 2. The Bertz CT molecular complexity index is 812. The maximum Gasteiger partial charge on any atom is 0.261 e. The molecule has 0 bridgehead atoms. The molecule has 0 saturated carbocycles. The van der Waals surface area contributed by atoms with Crippen molar-refractivity contribution in [3.63, 3.8) is 0 Å². The molecule has 2 aromatic rings. The molecule has 31 heavy (non-hydrogen) atoms. The maximum atomic E-state index is 13.0. The summed E-state index contributed by atoms with van der Waals surface area (Å²) < 4.78 is 11.1. The highest BCUT2D eigenvalue weighted by atomic mass is 35.5. The highest BCUT2D eigenvalue weighted by molar-refractivity contribution is 6.30. The number of halogens is 1. The van der Waals surface area contributed by atoms with E-state index >= 15 is 0 Å². The molecule has 0 aliphatic heterocycles. The average molecular weight is 447 g/mol. The summed E-state index contributed by atoms with van der Waals surface area (Å²) in [5, 5.41) is 3.50. The first-order chi connectivity index (χ1) is 14.9. The molecule has 0 aliphatic carbocycles. The van der Waals surface area contributed by atoms with Crippen LogP contribution in [0.15, 0.2) is 54.6 Å². The van der Waals surface area contributed by atoms with Crippen molar-refractivity contribution < 1.29 is 19.1 Å². The second-order valence-corrected chi connectivity index (χ2v) is 7.93. The Morgan fingerprint density at radius 3 is 2.35 bits per heavy atom. The zero-order valence-corrected chi connectivity index (χ0v) is 19.1. The van der Waals surface area contributed by atoms with Crippen LogP contribution in [0, 0.1) is 0 Å². The number of nitrogens with zero attached hydrogens (tertiary/aromatic N) is 1. The SMILES string of the molecule is CC(C)OCCCNC(=O)[C@H](C)N(Cc1ccc(Cl)cc1)C(=O)COc1ccccc1. The van der Waals surface area contributed by atoms with Gasteiger partial charge in [-0.3, -0.25) is 9.59 Å². The number of amides is 2. The minimum Gasteiger partial charge on any atom is -0.484 e. The Kier molecular flexibility index (Phi) is 10.3. The Morgan fingerprint density at radius 2 is 1.71 bits per heavy atom. The molecule has 1 N–H and O–H groups in total. The summed E-state index contributed by atoms with van der Waals surface area (Å²) in [4.78, 5) is 27.2. The lowest BCUT2D eigenvalue weighted by atomic mass is 10.1. The molecule has 6 nitrogen and oxygen atoms in total. The normalized spacial score (nSPS) is 11.8. The third-order valence-corrected chi connectivity index (χ3v) is 4.86. The fourth-order valence-electron chi connectivity index (χ4n) is 2.86. The number of nitrogens with one attached hydrogen (secondary N) is 1. The van der Waals surface area contributed by atoms with Crippen molar-refractivity contribution >= 4 is 23.4 Å². The monoisotopic (exact) mass is 446 g/mol. The molecular weight excluding hydrogens is 416 g/mol. The fraction of sp³-hybridized carbons (Fsp3) is 0.417. The molecule has 0 aliphatic rings. The minimum absolute atomic E-state index is 0.155. The molecule has 0 saturated heterocycles. The lowest BCUT2D eigenvalue weighted by molar-refractivity contribution is -0.142. The van der Waals surface area contributed by atoms with Crippen LogP contribution in [0.4, 0.5) is 0 Å². The van der Waals surface area contributed by atoms with Crippen LogP contribution in [0.1, 0.15) is 32.8 Å². The van der Waals surface area contributed by atoms with Crippen LogP contribution in [0.2, 0.25) is 5.02 Å². The molecule has 0 fully saturated rings. The lowest BCUT2D eigenvalue weighted by Crippen LogP contribution is -2.49. The standard InChI is InChI=1S/C24H31ClN2O4/c1-18(2)30-15-7-14-26-24(29)19(3)27(16-20-10-12-21(25)13-11-20)23(28)17-31-22-8-5-4-6-9-22/h4-6,8-13,18-19H,7,14-17H2,1-3H3,(H,26,29)/t19-/m0/s1. The number of rotatable bonds is 12. The number of para-hydroxylation sites is 1. The summed E-state index contributed by atoms with van der Waals surface area (Å²) in [6.45, 7) is 6.84. The van der Waals surface area contributed by atoms with E-state index in [1.807, 2.05) is 44.2 Å². The van der Waals surface area contributed by atoms with Crippen molar-refractivity contribution in [2.45, 2.75) is 45.9 Å². The fourth-order valence-corrected chi connectivity index (χ4v) is 2.99. The predicted molar refractivity (Wildman–Crippen MR) is 122 cm³/mol. The summed E-state index contributed by atoms with van der Waals surface area (Å²) >= 11 is 5.97. The van der Waals surface area contributed by atoms with Crippen LogP contribution in [-0.4, -0.2) is 48.6 Å². The van der Waals surface area contributed by atoms with E-state index < -0.39 is 6.04 Å². The smallest absolute Gasteiger partial charge is 0.261 e. The summed E-state index contributed by atoms with van der Waals surface area (Å²) in [7, 11) is 0. The van der Waals surface area contributed by atoms with Crippen LogP contribution in [0.25, 0.3) is 0 Å². The number of carbonyl (C=O) groups excluding carboxylic acids is 2. The van der Waals surface area contributed by atoms with E-state index in [-0.39, 0.29) is 31.1 Å². The highest BCUT2D eigenvalue weighted by Crippen LogP contribution is 2.15. The maximum absolute atomic E-state index is 13.0. The Hall–Kier alpha value is -2.57. The van der Waals surface area contributed by atoms with Gasteiger partial charge in [0.1, 0.15) is 11.8 Å². The molecule has 0 unspecified atom stereocenters. The molecule has 7 heteroatoms. The van der Waals surface area contributed by atoms with E-state index in [4.69, 9.17) is 21.1 Å². The third kappa shape index (κ3) is 8.99. The summed E-state index contributed by atoms with van der Waals surface area (Å²) in [6, 6.07) is 15.7. The molecule has 0 radical (unpaired) electrons. The predicted octanol–water partition coefficient (Wildman–Crippen LogP) is 4.07. The van der Waals surface area contributed by atoms with Gasteiger partial charge in [-0.1, -0.05) is 41.9 Å². The Labute approximate surface area is 189 Å².